The second-order valence-corrected chi connectivity index (χ2v) is 11.4. The Labute approximate surface area is 171 Å². The van der Waals surface area contributed by atoms with Crippen molar-refractivity contribution in [3.8, 4) is 0 Å². The third-order valence-corrected chi connectivity index (χ3v) is 5.92. The van der Waals surface area contributed by atoms with Crippen LogP contribution in [0.5, 0.6) is 0 Å². The van der Waals surface area contributed by atoms with Crippen LogP contribution in [0.3, 0.4) is 0 Å². The summed E-state index contributed by atoms with van der Waals surface area (Å²) in [6.07, 6.45) is 5.63. The molecule has 0 radical (unpaired) electrons. The van der Waals surface area contributed by atoms with Gasteiger partial charge in [0.15, 0.2) is 5.96 Å². The maximum Gasteiger partial charge on any atom is 0.223 e. The second-order valence-electron chi connectivity index (χ2n) is 9.11. The lowest BCUT2D eigenvalue weighted by atomic mass is 9.85. The first-order valence-corrected chi connectivity index (χ1v) is 12.5. The molecule has 2 unspecified atom stereocenters. The molecule has 1 fully saturated rings. The number of nitrogens with one attached hydrogen (secondary N) is 3. The van der Waals surface area contributed by atoms with Crippen molar-refractivity contribution in [3.63, 3.8) is 0 Å². The summed E-state index contributed by atoms with van der Waals surface area (Å²) < 4.78 is 22.9. The van der Waals surface area contributed by atoms with E-state index in [2.05, 4.69) is 16.0 Å². The molecule has 1 aliphatic rings. The zero-order valence-electron chi connectivity index (χ0n) is 18.5. The number of carbonyl (C=O) groups is 1. The van der Waals surface area contributed by atoms with Crippen LogP contribution in [0.25, 0.3) is 0 Å². The lowest BCUT2D eigenvalue weighted by Crippen LogP contribution is -2.47. The van der Waals surface area contributed by atoms with Crippen LogP contribution in [0.15, 0.2) is 4.99 Å². The third kappa shape index (κ3) is 10.3. The largest absolute Gasteiger partial charge is 0.357 e. The topological polar surface area (TPSA) is 99.7 Å². The lowest BCUT2D eigenvalue weighted by molar-refractivity contribution is -0.126. The van der Waals surface area contributed by atoms with E-state index in [0.717, 1.165) is 38.2 Å². The molecule has 0 aromatic heterocycles. The molecule has 28 heavy (non-hydrogen) atoms. The van der Waals surface area contributed by atoms with E-state index >= 15 is 0 Å². The minimum absolute atomic E-state index is 0.0442. The standard InChI is InChI=1S/C20H40N4O3S/c1-7-21-19(22-14-20(4,5)11-12-28(6,26)27)24-17-10-8-9-16(13-17)18(25)23-15(2)3/h15-17H,7-14H2,1-6H3,(H,23,25)(H2,21,22,24). The molecule has 7 nitrogen and oxygen atoms in total. The van der Waals surface area contributed by atoms with Gasteiger partial charge >= 0.3 is 0 Å². The summed E-state index contributed by atoms with van der Waals surface area (Å²) in [6.45, 7) is 11.4. The van der Waals surface area contributed by atoms with E-state index in [1.807, 2.05) is 34.6 Å². The predicted octanol–water partition coefficient (Wildman–Crippen LogP) is 2.09. The van der Waals surface area contributed by atoms with Crippen LogP contribution in [0.4, 0.5) is 0 Å². The molecule has 0 heterocycles. The fraction of sp³-hybridized carbons (Fsp3) is 0.900. The van der Waals surface area contributed by atoms with Gasteiger partial charge in [-0.2, -0.15) is 0 Å². The number of sulfone groups is 1. The summed E-state index contributed by atoms with van der Waals surface area (Å²) in [6, 6.07) is 0.377. The van der Waals surface area contributed by atoms with Gasteiger partial charge < -0.3 is 16.0 Å². The number of hydrogen-bond acceptors (Lipinski definition) is 4. The minimum Gasteiger partial charge on any atom is -0.357 e. The Hall–Kier alpha value is -1.31. The summed E-state index contributed by atoms with van der Waals surface area (Å²) in [5, 5.41) is 9.77. The van der Waals surface area contributed by atoms with Gasteiger partial charge in [-0.15, -0.1) is 0 Å². The average Bonchev–Trinajstić information content (AvgIpc) is 2.57. The van der Waals surface area contributed by atoms with Crippen LogP contribution in [0.2, 0.25) is 0 Å². The molecule has 0 aromatic carbocycles. The molecule has 8 heteroatoms. The van der Waals surface area contributed by atoms with E-state index in [1.54, 1.807) is 0 Å². The Kier molecular flexibility index (Phi) is 9.74. The Morgan fingerprint density at radius 2 is 1.93 bits per heavy atom. The molecule has 1 saturated carbocycles. The molecular formula is C20H40N4O3S. The van der Waals surface area contributed by atoms with Crippen LogP contribution in [-0.4, -0.2) is 57.5 Å². The zero-order chi connectivity index (χ0) is 21.4. The number of hydrogen-bond donors (Lipinski definition) is 3. The number of amides is 1. The highest BCUT2D eigenvalue weighted by molar-refractivity contribution is 7.90. The molecular weight excluding hydrogens is 376 g/mol. The molecule has 0 aliphatic heterocycles. The van der Waals surface area contributed by atoms with Gasteiger partial charge in [0.25, 0.3) is 0 Å². The number of rotatable bonds is 9. The zero-order valence-corrected chi connectivity index (χ0v) is 19.3. The molecule has 1 rings (SSSR count). The first-order chi connectivity index (χ1) is 12.9. The van der Waals surface area contributed by atoms with E-state index in [9.17, 15) is 13.2 Å². The van der Waals surface area contributed by atoms with Crippen LogP contribution >= 0.6 is 0 Å². The van der Waals surface area contributed by atoms with E-state index in [-0.39, 0.29) is 35.1 Å². The van der Waals surface area contributed by atoms with Crippen molar-refractivity contribution >= 4 is 21.7 Å². The molecule has 0 aromatic rings. The second kappa shape index (κ2) is 11.0. The van der Waals surface area contributed by atoms with E-state index < -0.39 is 9.84 Å². The van der Waals surface area contributed by atoms with Crippen LogP contribution in [0.1, 0.15) is 66.7 Å². The summed E-state index contributed by atoms with van der Waals surface area (Å²) in [4.78, 5) is 17.0. The molecule has 1 aliphatic carbocycles. The Balaban J connectivity index is 2.67. The van der Waals surface area contributed by atoms with E-state index in [4.69, 9.17) is 4.99 Å². The fourth-order valence-electron chi connectivity index (χ4n) is 3.31. The molecule has 3 N–H and O–H groups in total. The Morgan fingerprint density at radius 1 is 1.25 bits per heavy atom. The smallest absolute Gasteiger partial charge is 0.223 e. The summed E-state index contributed by atoms with van der Waals surface area (Å²) in [5.74, 6) is 1.10. The first-order valence-electron chi connectivity index (χ1n) is 10.4. The third-order valence-electron chi connectivity index (χ3n) is 4.98. The van der Waals surface area contributed by atoms with E-state index in [1.165, 1.54) is 6.26 Å². The van der Waals surface area contributed by atoms with Gasteiger partial charge in [0.05, 0.1) is 5.75 Å². The van der Waals surface area contributed by atoms with Gasteiger partial charge in [0.1, 0.15) is 9.84 Å². The number of guanidine groups is 1. The number of nitrogens with zero attached hydrogens (tertiary/aromatic N) is 1. The normalized spacial score (nSPS) is 21.5. The highest BCUT2D eigenvalue weighted by Gasteiger charge is 2.28. The molecule has 1 amide bonds. The highest BCUT2D eigenvalue weighted by Crippen LogP contribution is 2.25. The maximum atomic E-state index is 12.3. The van der Waals surface area contributed by atoms with Crippen LogP contribution < -0.4 is 16.0 Å². The summed E-state index contributed by atoms with van der Waals surface area (Å²) >= 11 is 0. The SMILES string of the molecule is CCNC(=NCC(C)(C)CCS(C)(=O)=O)NC1CCCC(C(=O)NC(C)C)C1. The monoisotopic (exact) mass is 416 g/mol. The van der Waals surface area contributed by atoms with Crippen LogP contribution in [-0.2, 0) is 14.6 Å². The first kappa shape index (κ1) is 24.7. The predicted molar refractivity (Wildman–Crippen MR) is 116 cm³/mol. The quantitative estimate of drug-likeness (QED) is 0.395. The van der Waals surface area contributed by atoms with Crippen molar-refractivity contribution in [1.29, 1.82) is 0 Å². The van der Waals surface area contributed by atoms with Crippen molar-refractivity contribution in [2.24, 2.45) is 16.3 Å². The number of aliphatic imine (C=N–C) groups is 1. The van der Waals surface area contributed by atoms with Gasteiger partial charge in [0.2, 0.25) is 5.91 Å². The maximum absolute atomic E-state index is 12.3. The fourth-order valence-corrected chi connectivity index (χ4v) is 4.23. The van der Waals surface area contributed by atoms with Crippen molar-refractivity contribution in [2.75, 3.05) is 25.1 Å². The summed E-state index contributed by atoms with van der Waals surface area (Å²) in [5.41, 5.74) is -0.197. The molecule has 0 spiro atoms. The Bertz CT molecular complexity index is 629. The van der Waals surface area contributed by atoms with Gasteiger partial charge in [0, 0.05) is 37.3 Å². The molecule has 0 bridgehead atoms. The van der Waals surface area contributed by atoms with Crippen molar-refractivity contribution in [2.45, 2.75) is 78.8 Å². The molecule has 0 saturated heterocycles. The molecule has 2 atom stereocenters. The van der Waals surface area contributed by atoms with Gasteiger partial charge in [-0.25, -0.2) is 8.42 Å². The van der Waals surface area contributed by atoms with Crippen molar-refractivity contribution < 1.29 is 13.2 Å². The minimum atomic E-state index is -2.97. The van der Waals surface area contributed by atoms with Crippen molar-refractivity contribution in [1.82, 2.24) is 16.0 Å². The average molecular weight is 417 g/mol. The van der Waals surface area contributed by atoms with Crippen LogP contribution in [0, 0.1) is 11.3 Å². The van der Waals surface area contributed by atoms with Crippen molar-refractivity contribution in [3.05, 3.63) is 0 Å². The van der Waals surface area contributed by atoms with Gasteiger partial charge in [-0.05, 0) is 51.9 Å². The van der Waals surface area contributed by atoms with Gasteiger partial charge in [-0.3, -0.25) is 9.79 Å². The van der Waals surface area contributed by atoms with E-state index in [0.29, 0.717) is 13.0 Å². The Morgan fingerprint density at radius 3 is 2.50 bits per heavy atom. The summed E-state index contributed by atoms with van der Waals surface area (Å²) in [7, 11) is -2.97. The lowest BCUT2D eigenvalue weighted by Gasteiger charge is -2.31. The molecule has 164 valence electrons. The highest BCUT2D eigenvalue weighted by atomic mass is 32.2. The van der Waals surface area contributed by atoms with Gasteiger partial charge in [-0.1, -0.05) is 20.3 Å². The number of carbonyl (C=O) groups excluding carboxylic acids is 1.